The lowest BCUT2D eigenvalue weighted by Gasteiger charge is -2.10. The van der Waals surface area contributed by atoms with E-state index in [1.807, 2.05) is 26.0 Å². The highest BCUT2D eigenvalue weighted by Crippen LogP contribution is 2.15. The third-order valence-corrected chi connectivity index (χ3v) is 3.51. The quantitative estimate of drug-likeness (QED) is 0.806. The molecule has 0 aliphatic heterocycles. The molecule has 1 N–H and O–H groups in total. The highest BCUT2D eigenvalue weighted by Gasteiger charge is 2.16. The van der Waals surface area contributed by atoms with Crippen LogP contribution in [-0.4, -0.2) is 20.7 Å². The minimum atomic E-state index is -0.387. The molecule has 1 amide bonds. The summed E-state index contributed by atoms with van der Waals surface area (Å²) in [6.07, 6.45) is 0. The summed E-state index contributed by atoms with van der Waals surface area (Å²) in [5.41, 5.74) is 0.817. The molecule has 0 saturated carbocycles. The average Bonchev–Trinajstić information content (AvgIpc) is 2.55. The molecule has 0 spiro atoms. The number of carbonyl (C=O) groups is 1. The Morgan fingerprint density at radius 3 is 2.57 bits per heavy atom. The number of fused-ring (bicyclic) bond motifs is 1. The van der Waals surface area contributed by atoms with Gasteiger partial charge in [0.2, 0.25) is 0 Å². The van der Waals surface area contributed by atoms with E-state index in [0.717, 1.165) is 5.69 Å². The molecule has 23 heavy (non-hydrogen) atoms. The van der Waals surface area contributed by atoms with Gasteiger partial charge in [0.25, 0.3) is 11.5 Å². The molecule has 3 aromatic rings. The van der Waals surface area contributed by atoms with E-state index < -0.39 is 0 Å². The fourth-order valence-electron chi connectivity index (χ4n) is 2.41. The van der Waals surface area contributed by atoms with Gasteiger partial charge in [-0.05, 0) is 32.0 Å². The standard InChI is InChI=1S/C17H16N4O2/c1-3-21-17(23)13-9-5-4-8-12(13)15(20-21)16(22)19-14-10-6-7-11(2)18-14/h4-10H,3H2,1-2H3,(H,18,19,22). The number of pyridine rings is 1. The molecule has 0 radical (unpaired) electrons. The van der Waals surface area contributed by atoms with Crippen LogP contribution in [0.5, 0.6) is 0 Å². The molecule has 0 saturated heterocycles. The van der Waals surface area contributed by atoms with Crippen molar-refractivity contribution in [3.8, 4) is 0 Å². The van der Waals surface area contributed by atoms with Crippen molar-refractivity contribution in [2.24, 2.45) is 0 Å². The van der Waals surface area contributed by atoms with Crippen LogP contribution < -0.4 is 10.9 Å². The second-order valence-electron chi connectivity index (χ2n) is 5.13. The Balaban J connectivity index is 2.10. The van der Waals surface area contributed by atoms with Gasteiger partial charge in [-0.3, -0.25) is 9.59 Å². The van der Waals surface area contributed by atoms with Crippen molar-refractivity contribution in [1.82, 2.24) is 14.8 Å². The molecular formula is C17H16N4O2. The van der Waals surface area contributed by atoms with Gasteiger partial charge in [-0.2, -0.15) is 5.10 Å². The van der Waals surface area contributed by atoms with E-state index in [2.05, 4.69) is 15.4 Å². The Hall–Kier alpha value is -3.02. The molecule has 0 aliphatic carbocycles. The van der Waals surface area contributed by atoms with Gasteiger partial charge in [-0.1, -0.05) is 24.3 Å². The fourth-order valence-corrected chi connectivity index (χ4v) is 2.41. The van der Waals surface area contributed by atoms with Gasteiger partial charge in [-0.15, -0.1) is 0 Å². The van der Waals surface area contributed by atoms with Crippen molar-refractivity contribution < 1.29 is 4.79 Å². The predicted molar refractivity (Wildman–Crippen MR) is 88.6 cm³/mol. The Morgan fingerprint density at radius 2 is 1.87 bits per heavy atom. The molecule has 0 atom stereocenters. The van der Waals surface area contributed by atoms with Crippen molar-refractivity contribution in [2.45, 2.75) is 20.4 Å². The van der Waals surface area contributed by atoms with Gasteiger partial charge in [0.1, 0.15) is 5.82 Å². The van der Waals surface area contributed by atoms with E-state index in [-0.39, 0.29) is 17.2 Å². The first-order valence-corrected chi connectivity index (χ1v) is 7.35. The number of anilines is 1. The average molecular weight is 308 g/mol. The number of hydrogen-bond acceptors (Lipinski definition) is 4. The van der Waals surface area contributed by atoms with Gasteiger partial charge in [0.15, 0.2) is 5.69 Å². The van der Waals surface area contributed by atoms with Crippen LogP contribution in [0.4, 0.5) is 5.82 Å². The van der Waals surface area contributed by atoms with Gasteiger partial charge in [-0.25, -0.2) is 9.67 Å². The first-order valence-electron chi connectivity index (χ1n) is 7.35. The topological polar surface area (TPSA) is 76.9 Å². The molecule has 116 valence electrons. The van der Waals surface area contributed by atoms with Crippen molar-refractivity contribution in [2.75, 3.05) is 5.32 Å². The second kappa shape index (κ2) is 6.00. The zero-order chi connectivity index (χ0) is 16.4. The Morgan fingerprint density at radius 1 is 1.13 bits per heavy atom. The highest BCUT2D eigenvalue weighted by atomic mass is 16.2. The molecular weight excluding hydrogens is 292 g/mol. The third-order valence-electron chi connectivity index (χ3n) is 3.51. The molecule has 1 aromatic carbocycles. The summed E-state index contributed by atoms with van der Waals surface area (Å²) < 4.78 is 1.29. The molecule has 2 aromatic heterocycles. The monoisotopic (exact) mass is 308 g/mol. The summed E-state index contributed by atoms with van der Waals surface area (Å²) in [6, 6.07) is 12.4. The normalized spacial score (nSPS) is 10.7. The highest BCUT2D eigenvalue weighted by molar-refractivity contribution is 6.10. The number of benzene rings is 1. The smallest absolute Gasteiger partial charge is 0.277 e. The molecule has 3 rings (SSSR count). The number of aromatic nitrogens is 3. The molecule has 6 heteroatoms. The second-order valence-corrected chi connectivity index (χ2v) is 5.13. The van der Waals surface area contributed by atoms with Crippen molar-refractivity contribution in [3.63, 3.8) is 0 Å². The number of rotatable bonds is 3. The van der Waals surface area contributed by atoms with E-state index in [4.69, 9.17) is 0 Å². The lowest BCUT2D eigenvalue weighted by atomic mass is 10.1. The van der Waals surface area contributed by atoms with E-state index in [1.54, 1.807) is 30.3 Å². The summed E-state index contributed by atoms with van der Waals surface area (Å²) in [5, 5.41) is 7.95. The molecule has 0 aliphatic rings. The number of aryl methyl sites for hydroxylation is 2. The Labute approximate surface area is 132 Å². The minimum absolute atomic E-state index is 0.201. The maximum absolute atomic E-state index is 12.6. The van der Waals surface area contributed by atoms with Gasteiger partial charge < -0.3 is 5.32 Å². The Bertz CT molecular complexity index is 947. The summed E-state index contributed by atoms with van der Waals surface area (Å²) in [7, 11) is 0. The van der Waals surface area contributed by atoms with Crippen LogP contribution in [0.3, 0.4) is 0 Å². The number of nitrogens with zero attached hydrogens (tertiary/aromatic N) is 3. The summed E-state index contributed by atoms with van der Waals surface area (Å²) in [6.45, 7) is 4.06. The number of amides is 1. The largest absolute Gasteiger partial charge is 0.305 e. The summed E-state index contributed by atoms with van der Waals surface area (Å²) in [4.78, 5) is 29.1. The zero-order valence-electron chi connectivity index (χ0n) is 12.9. The fraction of sp³-hybridized carbons (Fsp3) is 0.176. The van der Waals surface area contributed by atoms with Gasteiger partial charge >= 0.3 is 0 Å². The van der Waals surface area contributed by atoms with E-state index >= 15 is 0 Å². The number of nitrogens with one attached hydrogen (secondary N) is 1. The SMILES string of the molecule is CCn1nc(C(=O)Nc2cccc(C)n2)c2ccccc2c1=O. The first-order chi connectivity index (χ1) is 11.1. The van der Waals surface area contributed by atoms with Gasteiger partial charge in [0.05, 0.1) is 5.39 Å². The summed E-state index contributed by atoms with van der Waals surface area (Å²) >= 11 is 0. The predicted octanol–water partition coefficient (Wildman–Crippen LogP) is 2.37. The lowest BCUT2D eigenvalue weighted by Crippen LogP contribution is -2.27. The molecule has 0 fully saturated rings. The molecule has 0 bridgehead atoms. The van der Waals surface area contributed by atoms with E-state index in [9.17, 15) is 9.59 Å². The van der Waals surface area contributed by atoms with Crippen molar-refractivity contribution in [1.29, 1.82) is 0 Å². The zero-order valence-corrected chi connectivity index (χ0v) is 12.9. The van der Waals surface area contributed by atoms with E-state index in [1.165, 1.54) is 4.68 Å². The van der Waals surface area contributed by atoms with Crippen LogP contribution >= 0.6 is 0 Å². The first kappa shape index (κ1) is 14.9. The van der Waals surface area contributed by atoms with Crippen molar-refractivity contribution >= 4 is 22.5 Å². The third kappa shape index (κ3) is 2.83. The van der Waals surface area contributed by atoms with Crippen molar-refractivity contribution in [3.05, 3.63) is 64.2 Å². The van der Waals surface area contributed by atoms with Crippen LogP contribution in [0.2, 0.25) is 0 Å². The van der Waals surface area contributed by atoms with E-state index in [0.29, 0.717) is 23.1 Å². The number of carbonyl (C=O) groups excluding carboxylic acids is 1. The van der Waals surface area contributed by atoms with Crippen LogP contribution in [0.25, 0.3) is 10.8 Å². The van der Waals surface area contributed by atoms with Crippen LogP contribution in [0.1, 0.15) is 23.1 Å². The summed E-state index contributed by atoms with van der Waals surface area (Å²) in [5.74, 6) is 0.0663. The van der Waals surface area contributed by atoms with Crippen LogP contribution in [0.15, 0.2) is 47.3 Å². The maximum Gasteiger partial charge on any atom is 0.277 e. The minimum Gasteiger partial charge on any atom is -0.305 e. The number of hydrogen-bond donors (Lipinski definition) is 1. The van der Waals surface area contributed by atoms with Crippen LogP contribution in [0, 0.1) is 6.92 Å². The Kier molecular flexibility index (Phi) is 3.89. The molecule has 6 nitrogen and oxygen atoms in total. The lowest BCUT2D eigenvalue weighted by molar-refractivity contribution is 0.102. The van der Waals surface area contributed by atoms with Gasteiger partial charge in [0, 0.05) is 17.6 Å². The maximum atomic E-state index is 12.6. The molecule has 0 unspecified atom stereocenters. The van der Waals surface area contributed by atoms with Crippen LogP contribution in [-0.2, 0) is 6.54 Å². The molecule has 2 heterocycles.